The molecule has 2 heteroatoms. The topological polar surface area (TPSA) is 26.0 Å². The molecule has 0 saturated carbocycles. The summed E-state index contributed by atoms with van der Waals surface area (Å²) in [5, 5.41) is 0. The van der Waals surface area contributed by atoms with E-state index in [0.29, 0.717) is 12.5 Å². The van der Waals surface area contributed by atoms with Gasteiger partial charge in [-0.05, 0) is 42.0 Å². The quantitative estimate of drug-likeness (QED) is 0.808. The molecule has 1 rings (SSSR count). The Bertz CT molecular complexity index is 320. The highest BCUT2D eigenvalue weighted by molar-refractivity contribution is 5.28. The summed E-state index contributed by atoms with van der Waals surface area (Å²) in [6.07, 6.45) is 0.903. The molecule has 0 spiro atoms. The van der Waals surface area contributed by atoms with Gasteiger partial charge in [-0.3, -0.25) is 0 Å². The highest BCUT2D eigenvalue weighted by atomic mass is 19.1. The maximum absolute atomic E-state index is 13.7. The molecule has 0 amide bonds. The molecule has 1 unspecified atom stereocenters. The lowest BCUT2D eigenvalue weighted by atomic mass is 9.94. The molecule has 2 N–H and O–H groups in total. The predicted octanol–water partition coefficient (Wildman–Crippen LogP) is 3.40. The Morgan fingerprint density at radius 1 is 1.27 bits per heavy atom. The van der Waals surface area contributed by atoms with Crippen LogP contribution < -0.4 is 5.73 Å². The molecule has 1 aromatic carbocycles. The van der Waals surface area contributed by atoms with Gasteiger partial charge in [0.15, 0.2) is 0 Å². The average Bonchev–Trinajstić information content (AvgIpc) is 2.17. The first kappa shape index (κ1) is 12.2. The number of halogens is 1. The lowest BCUT2D eigenvalue weighted by Crippen LogP contribution is -2.05. The van der Waals surface area contributed by atoms with E-state index in [1.165, 1.54) is 0 Å². The summed E-state index contributed by atoms with van der Waals surface area (Å²) < 4.78 is 13.7. The molecule has 84 valence electrons. The van der Waals surface area contributed by atoms with E-state index in [9.17, 15) is 4.39 Å². The third-order valence-corrected chi connectivity index (χ3v) is 2.82. The van der Waals surface area contributed by atoms with Gasteiger partial charge in [0, 0.05) is 0 Å². The van der Waals surface area contributed by atoms with Crippen molar-refractivity contribution in [1.29, 1.82) is 0 Å². The van der Waals surface area contributed by atoms with Gasteiger partial charge in [0.25, 0.3) is 0 Å². The maximum atomic E-state index is 13.7. The zero-order valence-corrected chi connectivity index (χ0v) is 9.76. The van der Waals surface area contributed by atoms with Gasteiger partial charge >= 0.3 is 0 Å². The van der Waals surface area contributed by atoms with Crippen molar-refractivity contribution < 1.29 is 4.39 Å². The monoisotopic (exact) mass is 209 g/mol. The van der Waals surface area contributed by atoms with Crippen LogP contribution in [-0.4, -0.2) is 6.54 Å². The van der Waals surface area contributed by atoms with Gasteiger partial charge in [-0.2, -0.15) is 0 Å². The van der Waals surface area contributed by atoms with Crippen LogP contribution in [0.5, 0.6) is 0 Å². The largest absolute Gasteiger partial charge is 0.330 e. The Labute approximate surface area is 91.5 Å². The van der Waals surface area contributed by atoms with Crippen LogP contribution in [0.3, 0.4) is 0 Å². The molecule has 0 saturated heterocycles. The van der Waals surface area contributed by atoms with Crippen LogP contribution in [0.2, 0.25) is 0 Å². The second kappa shape index (κ2) is 5.26. The average molecular weight is 209 g/mol. The normalized spacial score (nSPS) is 13.2. The van der Waals surface area contributed by atoms with Crippen LogP contribution in [0.15, 0.2) is 18.2 Å². The van der Waals surface area contributed by atoms with Crippen molar-refractivity contribution >= 4 is 0 Å². The second-order valence-electron chi connectivity index (χ2n) is 4.41. The van der Waals surface area contributed by atoms with Gasteiger partial charge in [-0.15, -0.1) is 0 Å². The first-order valence-electron chi connectivity index (χ1n) is 5.55. The molecule has 0 radical (unpaired) electrons. The van der Waals surface area contributed by atoms with E-state index in [1.54, 1.807) is 6.07 Å². The summed E-state index contributed by atoms with van der Waals surface area (Å²) in [5.74, 6) is 0.487. The second-order valence-corrected chi connectivity index (χ2v) is 4.41. The first-order valence-corrected chi connectivity index (χ1v) is 5.55. The number of rotatable bonds is 4. The minimum atomic E-state index is -0.0913. The van der Waals surface area contributed by atoms with Crippen molar-refractivity contribution in [1.82, 2.24) is 0 Å². The van der Waals surface area contributed by atoms with Crippen LogP contribution in [0.4, 0.5) is 4.39 Å². The first-order chi connectivity index (χ1) is 7.06. The molecule has 0 aliphatic rings. The van der Waals surface area contributed by atoms with Gasteiger partial charge in [0.05, 0.1) is 0 Å². The fourth-order valence-electron chi connectivity index (χ4n) is 1.73. The number of hydrogen-bond acceptors (Lipinski definition) is 1. The molecule has 1 nitrogen and oxygen atoms in total. The molecular formula is C13H20FN. The van der Waals surface area contributed by atoms with Crippen LogP contribution in [0, 0.1) is 5.82 Å². The zero-order chi connectivity index (χ0) is 11.4. The van der Waals surface area contributed by atoms with Crippen molar-refractivity contribution in [2.45, 2.75) is 39.0 Å². The SMILES string of the molecule is CC(C)c1ccc(C(C)CCN)cc1F. The van der Waals surface area contributed by atoms with Gasteiger partial charge in [0.1, 0.15) is 5.82 Å². The summed E-state index contributed by atoms with van der Waals surface area (Å²) in [6, 6.07) is 5.55. The van der Waals surface area contributed by atoms with E-state index in [1.807, 2.05) is 26.0 Å². The van der Waals surface area contributed by atoms with E-state index >= 15 is 0 Å². The van der Waals surface area contributed by atoms with Crippen LogP contribution in [0.1, 0.15) is 50.2 Å². The van der Waals surface area contributed by atoms with E-state index in [2.05, 4.69) is 6.92 Å². The van der Waals surface area contributed by atoms with Crippen molar-refractivity contribution in [2.24, 2.45) is 5.73 Å². The number of nitrogens with two attached hydrogens (primary N) is 1. The molecule has 0 aromatic heterocycles. The fraction of sp³-hybridized carbons (Fsp3) is 0.538. The van der Waals surface area contributed by atoms with E-state index in [4.69, 9.17) is 5.73 Å². The predicted molar refractivity (Wildman–Crippen MR) is 62.6 cm³/mol. The summed E-state index contributed by atoms with van der Waals surface area (Å²) in [4.78, 5) is 0. The van der Waals surface area contributed by atoms with Crippen LogP contribution in [0.25, 0.3) is 0 Å². The Morgan fingerprint density at radius 2 is 1.93 bits per heavy atom. The van der Waals surface area contributed by atoms with Crippen molar-refractivity contribution in [2.75, 3.05) is 6.54 Å². The fourth-order valence-corrected chi connectivity index (χ4v) is 1.73. The lowest BCUT2D eigenvalue weighted by molar-refractivity contribution is 0.590. The smallest absolute Gasteiger partial charge is 0.126 e. The lowest BCUT2D eigenvalue weighted by Gasteiger charge is -2.13. The third kappa shape index (κ3) is 3.03. The standard InChI is InChI=1S/C13H20FN/c1-9(2)12-5-4-11(8-13(12)14)10(3)6-7-15/h4-5,8-10H,6-7,15H2,1-3H3. The summed E-state index contributed by atoms with van der Waals surface area (Å²) in [6.45, 7) is 6.73. The summed E-state index contributed by atoms with van der Waals surface area (Å²) in [7, 11) is 0. The Morgan fingerprint density at radius 3 is 2.40 bits per heavy atom. The molecule has 0 aliphatic carbocycles. The van der Waals surface area contributed by atoms with Gasteiger partial charge < -0.3 is 5.73 Å². The Hall–Kier alpha value is -0.890. The van der Waals surface area contributed by atoms with Crippen molar-refractivity contribution in [3.05, 3.63) is 35.1 Å². The molecule has 0 heterocycles. The van der Waals surface area contributed by atoms with Crippen LogP contribution >= 0.6 is 0 Å². The van der Waals surface area contributed by atoms with E-state index in [-0.39, 0.29) is 11.7 Å². The van der Waals surface area contributed by atoms with E-state index in [0.717, 1.165) is 17.5 Å². The Kier molecular flexibility index (Phi) is 4.28. The third-order valence-electron chi connectivity index (χ3n) is 2.82. The Balaban J connectivity index is 2.91. The minimum absolute atomic E-state index is 0.0913. The molecule has 15 heavy (non-hydrogen) atoms. The number of hydrogen-bond donors (Lipinski definition) is 1. The molecule has 0 fully saturated rings. The highest BCUT2D eigenvalue weighted by Crippen LogP contribution is 2.24. The van der Waals surface area contributed by atoms with Crippen molar-refractivity contribution in [3.63, 3.8) is 0 Å². The molecule has 1 atom stereocenters. The molecular weight excluding hydrogens is 189 g/mol. The van der Waals surface area contributed by atoms with Gasteiger partial charge in [-0.1, -0.05) is 32.9 Å². The molecule has 0 aliphatic heterocycles. The molecule has 1 aromatic rings. The zero-order valence-electron chi connectivity index (χ0n) is 9.76. The number of benzene rings is 1. The van der Waals surface area contributed by atoms with Crippen molar-refractivity contribution in [3.8, 4) is 0 Å². The summed E-state index contributed by atoms with van der Waals surface area (Å²) >= 11 is 0. The highest BCUT2D eigenvalue weighted by Gasteiger charge is 2.10. The molecule has 0 bridgehead atoms. The van der Waals surface area contributed by atoms with Gasteiger partial charge in [0.2, 0.25) is 0 Å². The maximum Gasteiger partial charge on any atom is 0.126 e. The summed E-state index contributed by atoms with van der Waals surface area (Å²) in [5.41, 5.74) is 7.32. The van der Waals surface area contributed by atoms with E-state index < -0.39 is 0 Å². The van der Waals surface area contributed by atoms with Crippen LogP contribution in [-0.2, 0) is 0 Å². The van der Waals surface area contributed by atoms with Gasteiger partial charge in [-0.25, -0.2) is 4.39 Å². The minimum Gasteiger partial charge on any atom is -0.330 e.